The maximum Gasteiger partial charge on any atom is 0.213 e. The summed E-state index contributed by atoms with van der Waals surface area (Å²) in [4.78, 5) is 14.3. The van der Waals surface area contributed by atoms with Crippen LogP contribution in [-0.4, -0.2) is 47.7 Å². The Labute approximate surface area is 159 Å². The summed E-state index contributed by atoms with van der Waals surface area (Å²) in [5.41, 5.74) is 4.43. The summed E-state index contributed by atoms with van der Waals surface area (Å²) in [5, 5.41) is 0. The molecule has 0 radical (unpaired) electrons. The van der Waals surface area contributed by atoms with Crippen molar-refractivity contribution in [1.29, 1.82) is 0 Å². The highest BCUT2D eigenvalue weighted by atomic mass is 16.5. The third-order valence-corrected chi connectivity index (χ3v) is 5.98. The van der Waals surface area contributed by atoms with Gasteiger partial charge in [-0.1, -0.05) is 30.3 Å². The maximum atomic E-state index is 5.33. The minimum Gasteiger partial charge on any atom is -0.481 e. The van der Waals surface area contributed by atoms with Crippen LogP contribution in [0, 0.1) is 5.92 Å². The second kappa shape index (κ2) is 6.82. The highest BCUT2D eigenvalue weighted by molar-refractivity contribution is 5.88. The molecule has 0 N–H and O–H groups in total. The molecule has 0 spiro atoms. The van der Waals surface area contributed by atoms with E-state index in [9.17, 15) is 0 Å². The summed E-state index contributed by atoms with van der Waals surface area (Å²) >= 11 is 0. The first kappa shape index (κ1) is 16.5. The molecule has 0 amide bonds. The van der Waals surface area contributed by atoms with E-state index in [4.69, 9.17) is 4.74 Å². The lowest BCUT2D eigenvalue weighted by Gasteiger charge is -2.26. The van der Waals surface area contributed by atoms with Crippen molar-refractivity contribution in [3.63, 3.8) is 0 Å². The van der Waals surface area contributed by atoms with E-state index in [0.717, 1.165) is 36.6 Å². The number of nitrogens with zero attached hydrogens (tertiary/aromatic N) is 4. The first-order valence-electron chi connectivity index (χ1n) is 9.64. The van der Waals surface area contributed by atoms with E-state index in [1.165, 1.54) is 24.2 Å². The van der Waals surface area contributed by atoms with Gasteiger partial charge in [0.05, 0.1) is 18.3 Å². The highest BCUT2D eigenvalue weighted by Crippen LogP contribution is 2.37. The molecule has 5 rings (SSSR count). The Kier molecular flexibility index (Phi) is 4.17. The summed E-state index contributed by atoms with van der Waals surface area (Å²) in [6.45, 7) is 4.38. The van der Waals surface area contributed by atoms with Crippen LogP contribution >= 0.6 is 0 Å². The molecule has 0 aliphatic carbocycles. The third-order valence-electron chi connectivity index (χ3n) is 5.98. The predicted octanol–water partition coefficient (Wildman–Crippen LogP) is 3.35. The largest absolute Gasteiger partial charge is 0.481 e. The van der Waals surface area contributed by atoms with Gasteiger partial charge < -0.3 is 9.64 Å². The number of benzene rings is 1. The van der Waals surface area contributed by atoms with Gasteiger partial charge in [0, 0.05) is 37.9 Å². The number of anilines is 1. The van der Waals surface area contributed by atoms with Gasteiger partial charge in [-0.2, -0.15) is 0 Å². The monoisotopic (exact) mass is 360 g/mol. The number of rotatable bonds is 4. The number of likely N-dealkylation sites (tertiary alicyclic amines) is 1. The Balaban J connectivity index is 1.40. The van der Waals surface area contributed by atoms with Gasteiger partial charge in [-0.25, -0.2) is 4.98 Å². The van der Waals surface area contributed by atoms with E-state index in [1.54, 1.807) is 7.11 Å². The number of fused-ring (bicyclic) bond motifs is 2. The van der Waals surface area contributed by atoms with Crippen LogP contribution < -0.4 is 9.64 Å². The smallest absolute Gasteiger partial charge is 0.213 e. The van der Waals surface area contributed by atoms with E-state index in [-0.39, 0.29) is 0 Å². The van der Waals surface area contributed by atoms with Gasteiger partial charge in [0.2, 0.25) is 5.88 Å². The van der Waals surface area contributed by atoms with Crippen LogP contribution in [0.15, 0.2) is 54.7 Å². The van der Waals surface area contributed by atoms with Crippen molar-refractivity contribution in [2.75, 3.05) is 31.6 Å². The second-order valence-electron chi connectivity index (χ2n) is 7.53. The average molecular weight is 360 g/mol. The Morgan fingerprint density at radius 3 is 2.81 bits per heavy atom. The van der Waals surface area contributed by atoms with E-state index in [0.29, 0.717) is 11.9 Å². The summed E-state index contributed by atoms with van der Waals surface area (Å²) < 4.78 is 5.33. The molecule has 138 valence electrons. The van der Waals surface area contributed by atoms with Crippen LogP contribution in [0.1, 0.15) is 12.0 Å². The van der Waals surface area contributed by atoms with E-state index >= 15 is 0 Å². The van der Waals surface area contributed by atoms with Crippen molar-refractivity contribution in [1.82, 2.24) is 14.9 Å². The predicted molar refractivity (Wildman–Crippen MR) is 107 cm³/mol. The zero-order chi connectivity index (χ0) is 18.2. The van der Waals surface area contributed by atoms with Crippen molar-refractivity contribution in [3.8, 4) is 5.88 Å². The van der Waals surface area contributed by atoms with Gasteiger partial charge in [0.15, 0.2) is 0 Å². The zero-order valence-electron chi connectivity index (χ0n) is 15.6. The summed E-state index contributed by atoms with van der Waals surface area (Å²) in [5.74, 6) is 1.37. The molecule has 2 fully saturated rings. The molecule has 0 unspecified atom stereocenters. The lowest BCUT2D eigenvalue weighted by molar-refractivity contribution is 0.246. The zero-order valence-corrected chi connectivity index (χ0v) is 15.6. The average Bonchev–Trinajstić information content (AvgIpc) is 3.30. The topological polar surface area (TPSA) is 41.5 Å². The van der Waals surface area contributed by atoms with Gasteiger partial charge >= 0.3 is 0 Å². The van der Waals surface area contributed by atoms with Gasteiger partial charge in [-0.15, -0.1) is 0 Å². The lowest BCUT2D eigenvalue weighted by Crippen LogP contribution is -2.34. The van der Waals surface area contributed by atoms with Crippen molar-refractivity contribution >= 4 is 16.7 Å². The quantitative estimate of drug-likeness (QED) is 0.714. The SMILES string of the molecule is COc1ccc2nccc(N3C[C@H]4CCN(Cc5ccccc5)[C@H]4C3)c2n1. The van der Waals surface area contributed by atoms with Crippen LogP contribution in [0.5, 0.6) is 5.88 Å². The van der Waals surface area contributed by atoms with Crippen molar-refractivity contribution < 1.29 is 4.74 Å². The summed E-state index contributed by atoms with van der Waals surface area (Å²) in [6.07, 6.45) is 3.16. The molecule has 2 atom stereocenters. The van der Waals surface area contributed by atoms with Crippen LogP contribution in [0.4, 0.5) is 5.69 Å². The first-order valence-corrected chi connectivity index (χ1v) is 9.64. The number of hydrogen-bond acceptors (Lipinski definition) is 5. The van der Waals surface area contributed by atoms with Crippen molar-refractivity contribution in [2.45, 2.75) is 19.0 Å². The Hall–Kier alpha value is -2.66. The van der Waals surface area contributed by atoms with E-state index in [1.807, 2.05) is 18.3 Å². The standard InChI is InChI=1S/C22H24N4O/c1-27-21-8-7-18-22(24-21)19(9-11-23-18)26-14-17-10-12-25(20(17)15-26)13-16-5-3-2-4-6-16/h2-9,11,17,20H,10,12-15H2,1H3/t17-,20+/m1/s1. The molecule has 4 heterocycles. The fourth-order valence-corrected chi connectivity index (χ4v) is 4.62. The molecule has 2 aliphatic rings. The Bertz CT molecular complexity index is 945. The fourth-order valence-electron chi connectivity index (χ4n) is 4.62. The fraction of sp³-hybridized carbons (Fsp3) is 0.364. The summed E-state index contributed by atoms with van der Waals surface area (Å²) in [7, 11) is 1.66. The van der Waals surface area contributed by atoms with Gasteiger partial charge in [0.25, 0.3) is 0 Å². The first-order chi connectivity index (χ1) is 13.3. The van der Waals surface area contributed by atoms with Crippen molar-refractivity contribution in [3.05, 3.63) is 60.3 Å². The number of hydrogen-bond donors (Lipinski definition) is 0. The van der Waals surface area contributed by atoms with Gasteiger partial charge in [-0.05, 0) is 36.6 Å². The third kappa shape index (κ3) is 3.02. The maximum absolute atomic E-state index is 5.33. The Morgan fingerprint density at radius 1 is 1.07 bits per heavy atom. The van der Waals surface area contributed by atoms with Crippen LogP contribution in [0.3, 0.4) is 0 Å². The Morgan fingerprint density at radius 2 is 1.96 bits per heavy atom. The lowest BCUT2D eigenvalue weighted by atomic mass is 10.0. The van der Waals surface area contributed by atoms with Crippen LogP contribution in [0.2, 0.25) is 0 Å². The number of aromatic nitrogens is 2. The minimum atomic E-state index is 0.610. The van der Waals surface area contributed by atoms with Crippen LogP contribution in [-0.2, 0) is 6.54 Å². The molecular formula is C22H24N4O. The van der Waals surface area contributed by atoms with Gasteiger partial charge in [0.1, 0.15) is 5.52 Å². The molecule has 2 aromatic heterocycles. The van der Waals surface area contributed by atoms with E-state index in [2.05, 4.69) is 56.2 Å². The normalized spacial score (nSPS) is 22.3. The second-order valence-corrected chi connectivity index (χ2v) is 7.53. The number of methoxy groups -OCH3 is 1. The van der Waals surface area contributed by atoms with Crippen LogP contribution in [0.25, 0.3) is 11.0 Å². The molecule has 5 heteroatoms. The molecule has 0 saturated carbocycles. The van der Waals surface area contributed by atoms with E-state index < -0.39 is 0 Å². The molecule has 5 nitrogen and oxygen atoms in total. The molecule has 27 heavy (non-hydrogen) atoms. The molecule has 0 bridgehead atoms. The van der Waals surface area contributed by atoms with Gasteiger partial charge in [-0.3, -0.25) is 9.88 Å². The molecule has 1 aromatic carbocycles. The summed E-state index contributed by atoms with van der Waals surface area (Å²) in [6, 6.07) is 17.4. The number of ether oxygens (including phenoxy) is 1. The number of pyridine rings is 2. The molecular weight excluding hydrogens is 336 g/mol. The molecule has 2 saturated heterocycles. The van der Waals surface area contributed by atoms with Crippen molar-refractivity contribution in [2.24, 2.45) is 5.92 Å². The highest BCUT2D eigenvalue weighted by Gasteiger charge is 2.41. The molecule has 3 aromatic rings. The minimum absolute atomic E-state index is 0.610. The molecule has 2 aliphatic heterocycles.